The summed E-state index contributed by atoms with van der Waals surface area (Å²) >= 11 is 1.50. The molecule has 0 spiro atoms. The van der Waals surface area contributed by atoms with E-state index in [2.05, 4.69) is 0 Å². The van der Waals surface area contributed by atoms with E-state index in [1.165, 1.54) is 17.8 Å². The van der Waals surface area contributed by atoms with E-state index in [0.29, 0.717) is 11.3 Å². The third-order valence-electron chi connectivity index (χ3n) is 2.13. The molecule has 1 rings (SSSR count). The van der Waals surface area contributed by atoms with Gasteiger partial charge in [-0.25, -0.2) is 4.39 Å². The summed E-state index contributed by atoms with van der Waals surface area (Å²) in [6, 6.07) is 3.08. The highest BCUT2D eigenvalue weighted by molar-refractivity contribution is 7.99. The van der Waals surface area contributed by atoms with E-state index in [1.807, 2.05) is 6.92 Å². The SMILES string of the molecule is Cc1cc(SCCO)c([C@H](C)N)cc1F. The maximum atomic E-state index is 13.3. The molecule has 0 aromatic heterocycles. The molecular formula is C11H16FNOS. The maximum absolute atomic E-state index is 13.3. The third-order valence-corrected chi connectivity index (χ3v) is 3.18. The molecule has 15 heavy (non-hydrogen) atoms. The Kier molecular flexibility index (Phi) is 4.57. The van der Waals surface area contributed by atoms with Crippen molar-refractivity contribution in [3.05, 3.63) is 29.1 Å². The minimum Gasteiger partial charge on any atom is -0.396 e. The summed E-state index contributed by atoms with van der Waals surface area (Å²) in [5.41, 5.74) is 7.18. The average molecular weight is 229 g/mol. The van der Waals surface area contributed by atoms with Crippen molar-refractivity contribution in [2.75, 3.05) is 12.4 Å². The van der Waals surface area contributed by atoms with E-state index in [9.17, 15) is 4.39 Å². The Morgan fingerprint density at radius 1 is 1.53 bits per heavy atom. The fourth-order valence-electron chi connectivity index (χ4n) is 1.31. The third kappa shape index (κ3) is 3.19. The van der Waals surface area contributed by atoms with Crippen molar-refractivity contribution in [3.63, 3.8) is 0 Å². The quantitative estimate of drug-likeness (QED) is 0.778. The molecule has 2 nitrogen and oxygen atoms in total. The van der Waals surface area contributed by atoms with Gasteiger partial charge >= 0.3 is 0 Å². The highest BCUT2D eigenvalue weighted by Crippen LogP contribution is 2.28. The molecule has 0 unspecified atom stereocenters. The van der Waals surface area contributed by atoms with Crippen LogP contribution < -0.4 is 5.73 Å². The lowest BCUT2D eigenvalue weighted by molar-refractivity contribution is 0.322. The molecule has 0 radical (unpaired) electrons. The molecular weight excluding hydrogens is 213 g/mol. The van der Waals surface area contributed by atoms with Gasteiger partial charge in [0, 0.05) is 16.7 Å². The van der Waals surface area contributed by atoms with Crippen molar-refractivity contribution in [3.8, 4) is 0 Å². The molecule has 1 aromatic carbocycles. The van der Waals surface area contributed by atoms with Crippen LogP contribution in [0, 0.1) is 12.7 Å². The normalized spacial score (nSPS) is 12.9. The Morgan fingerprint density at radius 3 is 2.73 bits per heavy atom. The van der Waals surface area contributed by atoms with Crippen LogP contribution in [0.15, 0.2) is 17.0 Å². The van der Waals surface area contributed by atoms with Gasteiger partial charge in [-0.3, -0.25) is 0 Å². The second-order valence-electron chi connectivity index (χ2n) is 3.50. The maximum Gasteiger partial charge on any atom is 0.126 e. The number of aliphatic hydroxyl groups is 1. The number of rotatable bonds is 4. The largest absolute Gasteiger partial charge is 0.396 e. The molecule has 1 atom stereocenters. The minimum absolute atomic E-state index is 0.111. The molecule has 0 saturated heterocycles. The Labute approximate surface area is 93.7 Å². The fourth-order valence-corrected chi connectivity index (χ4v) is 2.29. The van der Waals surface area contributed by atoms with E-state index in [4.69, 9.17) is 10.8 Å². The second kappa shape index (κ2) is 5.49. The first-order valence-corrected chi connectivity index (χ1v) is 5.84. The van der Waals surface area contributed by atoms with Crippen molar-refractivity contribution >= 4 is 11.8 Å². The van der Waals surface area contributed by atoms with Gasteiger partial charge in [0.2, 0.25) is 0 Å². The van der Waals surface area contributed by atoms with Crippen LogP contribution in [0.25, 0.3) is 0 Å². The molecule has 3 N–H and O–H groups in total. The standard InChI is InChI=1S/C11H16FNOS/c1-7-5-11(15-4-3-14)9(8(2)13)6-10(7)12/h5-6,8,14H,3-4,13H2,1-2H3/t8-/m0/s1. The number of thioether (sulfide) groups is 1. The Balaban J connectivity index is 3.04. The summed E-state index contributed by atoms with van der Waals surface area (Å²) < 4.78 is 13.3. The van der Waals surface area contributed by atoms with Crippen molar-refractivity contribution < 1.29 is 9.50 Å². The zero-order valence-electron chi connectivity index (χ0n) is 8.96. The predicted octanol–water partition coefficient (Wildman–Crippen LogP) is 2.24. The van der Waals surface area contributed by atoms with Gasteiger partial charge in [0.25, 0.3) is 0 Å². The van der Waals surface area contributed by atoms with Crippen LogP contribution >= 0.6 is 11.8 Å². The summed E-state index contributed by atoms with van der Waals surface area (Å²) in [6.45, 7) is 3.66. The lowest BCUT2D eigenvalue weighted by Gasteiger charge is -2.13. The smallest absolute Gasteiger partial charge is 0.126 e. The summed E-state index contributed by atoms with van der Waals surface area (Å²) in [7, 11) is 0. The molecule has 0 aliphatic heterocycles. The first-order chi connectivity index (χ1) is 7.06. The van der Waals surface area contributed by atoms with Gasteiger partial charge in [-0.2, -0.15) is 0 Å². The first-order valence-electron chi connectivity index (χ1n) is 4.85. The molecule has 1 aromatic rings. The molecule has 0 fully saturated rings. The van der Waals surface area contributed by atoms with Crippen LogP contribution in [0.1, 0.15) is 24.1 Å². The Morgan fingerprint density at radius 2 is 2.20 bits per heavy atom. The van der Waals surface area contributed by atoms with Crippen LogP contribution in [-0.4, -0.2) is 17.5 Å². The van der Waals surface area contributed by atoms with E-state index in [1.54, 1.807) is 13.0 Å². The fraction of sp³-hybridized carbons (Fsp3) is 0.455. The van der Waals surface area contributed by atoms with Gasteiger partial charge in [0.15, 0.2) is 0 Å². The lowest BCUT2D eigenvalue weighted by atomic mass is 10.1. The van der Waals surface area contributed by atoms with Gasteiger partial charge in [0.1, 0.15) is 5.82 Å². The predicted molar refractivity (Wildman–Crippen MR) is 61.5 cm³/mol. The molecule has 4 heteroatoms. The zero-order chi connectivity index (χ0) is 11.4. The van der Waals surface area contributed by atoms with Gasteiger partial charge in [0.05, 0.1) is 6.61 Å². The Hall–Kier alpha value is -0.580. The van der Waals surface area contributed by atoms with Gasteiger partial charge < -0.3 is 10.8 Å². The van der Waals surface area contributed by atoms with Crippen LogP contribution in [0.5, 0.6) is 0 Å². The highest BCUT2D eigenvalue weighted by atomic mass is 32.2. The van der Waals surface area contributed by atoms with Crippen molar-refractivity contribution in [1.82, 2.24) is 0 Å². The van der Waals surface area contributed by atoms with E-state index in [0.717, 1.165) is 10.5 Å². The summed E-state index contributed by atoms with van der Waals surface area (Å²) in [5, 5.41) is 8.75. The zero-order valence-corrected chi connectivity index (χ0v) is 9.77. The van der Waals surface area contributed by atoms with Crippen LogP contribution in [0.4, 0.5) is 4.39 Å². The number of hydrogen-bond acceptors (Lipinski definition) is 3. The molecule has 0 bridgehead atoms. The van der Waals surface area contributed by atoms with E-state index in [-0.39, 0.29) is 18.5 Å². The average Bonchev–Trinajstić information content (AvgIpc) is 2.19. The number of aliphatic hydroxyl groups excluding tert-OH is 1. The van der Waals surface area contributed by atoms with Crippen molar-refractivity contribution in [2.45, 2.75) is 24.8 Å². The molecule has 0 aliphatic carbocycles. The number of nitrogens with two attached hydrogens (primary N) is 1. The van der Waals surface area contributed by atoms with E-state index < -0.39 is 0 Å². The molecule has 0 aliphatic rings. The number of hydrogen-bond donors (Lipinski definition) is 2. The molecule has 0 heterocycles. The Bertz CT molecular complexity index is 342. The van der Waals surface area contributed by atoms with Gasteiger partial charge in [-0.05, 0) is 37.1 Å². The summed E-state index contributed by atoms with van der Waals surface area (Å²) in [4.78, 5) is 0.956. The summed E-state index contributed by atoms with van der Waals surface area (Å²) in [5.74, 6) is 0.376. The topological polar surface area (TPSA) is 46.2 Å². The number of halogens is 1. The highest BCUT2D eigenvalue weighted by Gasteiger charge is 2.10. The number of benzene rings is 1. The molecule has 0 amide bonds. The monoisotopic (exact) mass is 229 g/mol. The van der Waals surface area contributed by atoms with Crippen LogP contribution in [0.2, 0.25) is 0 Å². The lowest BCUT2D eigenvalue weighted by Crippen LogP contribution is -2.08. The van der Waals surface area contributed by atoms with Crippen molar-refractivity contribution in [1.29, 1.82) is 0 Å². The second-order valence-corrected chi connectivity index (χ2v) is 4.64. The summed E-state index contributed by atoms with van der Waals surface area (Å²) in [6.07, 6.45) is 0. The minimum atomic E-state index is -0.226. The van der Waals surface area contributed by atoms with Gasteiger partial charge in [-0.1, -0.05) is 0 Å². The van der Waals surface area contributed by atoms with Crippen LogP contribution in [0.3, 0.4) is 0 Å². The molecule has 84 valence electrons. The first kappa shape index (κ1) is 12.5. The molecule has 0 saturated carbocycles. The van der Waals surface area contributed by atoms with E-state index >= 15 is 0 Å². The number of aryl methyl sites for hydroxylation is 1. The van der Waals surface area contributed by atoms with Gasteiger partial charge in [-0.15, -0.1) is 11.8 Å². The van der Waals surface area contributed by atoms with Crippen LogP contribution in [-0.2, 0) is 0 Å². The van der Waals surface area contributed by atoms with Crippen molar-refractivity contribution in [2.24, 2.45) is 5.73 Å².